The van der Waals surface area contributed by atoms with Gasteiger partial charge in [-0.25, -0.2) is 0 Å². The van der Waals surface area contributed by atoms with E-state index in [1.54, 1.807) is 0 Å². The minimum absolute atomic E-state index is 0.787. The molecule has 0 radical (unpaired) electrons. The van der Waals surface area contributed by atoms with Crippen LogP contribution >= 0.6 is 11.6 Å². The lowest BCUT2D eigenvalue weighted by Crippen LogP contribution is -2.16. The van der Waals surface area contributed by atoms with E-state index >= 15 is 0 Å². The van der Waals surface area contributed by atoms with Crippen LogP contribution in [-0.4, -0.2) is 11.5 Å². The van der Waals surface area contributed by atoms with Crippen LogP contribution in [0.15, 0.2) is 24.4 Å². The zero-order valence-corrected chi connectivity index (χ0v) is 12.0. The molecule has 0 amide bonds. The van der Waals surface area contributed by atoms with Crippen molar-refractivity contribution in [3.05, 3.63) is 35.0 Å². The van der Waals surface area contributed by atoms with Crippen LogP contribution < -0.4 is 5.32 Å². The maximum Gasteiger partial charge on any atom is 0.0472 e. The van der Waals surface area contributed by atoms with Crippen molar-refractivity contribution >= 4 is 22.5 Å². The van der Waals surface area contributed by atoms with E-state index in [1.807, 2.05) is 12.1 Å². The maximum atomic E-state index is 5.99. The van der Waals surface area contributed by atoms with Crippen molar-refractivity contribution in [1.29, 1.82) is 0 Å². The summed E-state index contributed by atoms with van der Waals surface area (Å²) in [6.45, 7) is 2.07. The Kier molecular flexibility index (Phi) is 4.09. The molecular formula is C16H21ClN2. The van der Waals surface area contributed by atoms with E-state index in [0.29, 0.717) is 0 Å². The molecule has 1 aromatic heterocycles. The first-order valence-electron chi connectivity index (χ1n) is 7.29. The summed E-state index contributed by atoms with van der Waals surface area (Å²) in [5.74, 6) is 0.967. The number of fused-ring (bicyclic) bond motifs is 1. The van der Waals surface area contributed by atoms with Gasteiger partial charge < -0.3 is 10.3 Å². The highest BCUT2D eigenvalue weighted by atomic mass is 35.5. The highest BCUT2D eigenvalue weighted by Crippen LogP contribution is 2.27. The van der Waals surface area contributed by atoms with Crippen molar-refractivity contribution in [3.63, 3.8) is 0 Å². The molecule has 1 aliphatic rings. The third-order valence-electron chi connectivity index (χ3n) is 4.25. The van der Waals surface area contributed by atoms with Gasteiger partial charge in [-0.1, -0.05) is 43.4 Å². The predicted octanol–water partition coefficient (Wildman–Crippen LogP) is 4.49. The number of H-pyrrole nitrogens is 1. The van der Waals surface area contributed by atoms with E-state index in [9.17, 15) is 0 Å². The summed E-state index contributed by atoms with van der Waals surface area (Å²) in [6, 6.07) is 6.04. The van der Waals surface area contributed by atoms with E-state index in [0.717, 1.165) is 29.5 Å². The zero-order chi connectivity index (χ0) is 13.1. The number of benzene rings is 1. The Balaban J connectivity index is 1.53. The van der Waals surface area contributed by atoms with Crippen molar-refractivity contribution in [1.82, 2.24) is 10.3 Å². The lowest BCUT2D eigenvalue weighted by molar-refractivity contribution is 0.478. The molecule has 0 aliphatic heterocycles. The van der Waals surface area contributed by atoms with Gasteiger partial charge in [0, 0.05) is 28.7 Å². The molecule has 3 rings (SSSR count). The number of halogens is 1. The second-order valence-electron chi connectivity index (χ2n) is 5.62. The minimum Gasteiger partial charge on any atom is -0.361 e. The van der Waals surface area contributed by atoms with Crippen LogP contribution in [0.5, 0.6) is 0 Å². The van der Waals surface area contributed by atoms with Crippen molar-refractivity contribution in [3.8, 4) is 0 Å². The van der Waals surface area contributed by atoms with Crippen molar-refractivity contribution in [2.75, 3.05) is 6.54 Å². The molecule has 0 bridgehead atoms. The lowest BCUT2D eigenvalue weighted by atomic mass is 10.0. The monoisotopic (exact) mass is 276 g/mol. The summed E-state index contributed by atoms with van der Waals surface area (Å²) in [5.41, 5.74) is 2.46. The number of nitrogens with one attached hydrogen (secondary N) is 2. The first-order chi connectivity index (χ1) is 9.33. The van der Waals surface area contributed by atoms with Crippen molar-refractivity contribution in [2.45, 2.75) is 38.6 Å². The van der Waals surface area contributed by atoms with Gasteiger partial charge in [-0.2, -0.15) is 0 Å². The van der Waals surface area contributed by atoms with Gasteiger partial charge >= 0.3 is 0 Å². The van der Waals surface area contributed by atoms with Crippen molar-refractivity contribution in [2.24, 2.45) is 5.92 Å². The molecular weight excluding hydrogens is 256 g/mol. The molecule has 2 N–H and O–H groups in total. The molecule has 0 spiro atoms. The summed E-state index contributed by atoms with van der Waals surface area (Å²) in [5, 5.41) is 5.63. The van der Waals surface area contributed by atoms with Crippen LogP contribution in [-0.2, 0) is 6.54 Å². The van der Waals surface area contributed by atoms with Crippen LogP contribution in [0.4, 0.5) is 0 Å². The summed E-state index contributed by atoms with van der Waals surface area (Å²) in [7, 11) is 0. The number of hydrogen-bond donors (Lipinski definition) is 2. The Morgan fingerprint density at radius 1 is 1.26 bits per heavy atom. The van der Waals surface area contributed by atoms with Gasteiger partial charge in [0.25, 0.3) is 0 Å². The average Bonchev–Trinajstić information content (AvgIpc) is 3.03. The fourth-order valence-electron chi connectivity index (χ4n) is 3.13. The molecule has 102 valence electrons. The highest BCUT2D eigenvalue weighted by Gasteiger charge is 2.14. The molecule has 2 aromatic rings. The topological polar surface area (TPSA) is 27.8 Å². The second kappa shape index (κ2) is 5.98. The van der Waals surface area contributed by atoms with E-state index in [1.165, 1.54) is 43.1 Å². The standard InChI is InChI=1S/C16H21ClN2/c17-14-5-6-15-13(11-19-16(15)9-14)10-18-8-7-12-3-1-2-4-12/h5-6,9,11-12,18-19H,1-4,7-8,10H2. The highest BCUT2D eigenvalue weighted by molar-refractivity contribution is 6.31. The zero-order valence-electron chi connectivity index (χ0n) is 11.2. The van der Waals surface area contributed by atoms with Crippen LogP contribution in [0, 0.1) is 5.92 Å². The van der Waals surface area contributed by atoms with Crippen LogP contribution in [0.25, 0.3) is 10.9 Å². The van der Waals surface area contributed by atoms with Gasteiger partial charge in [-0.3, -0.25) is 0 Å². The van der Waals surface area contributed by atoms with Gasteiger partial charge in [-0.15, -0.1) is 0 Å². The first kappa shape index (κ1) is 13.0. The molecule has 3 heteroatoms. The number of aromatic amines is 1. The molecule has 2 nitrogen and oxygen atoms in total. The smallest absolute Gasteiger partial charge is 0.0472 e. The molecule has 1 saturated carbocycles. The molecule has 1 fully saturated rings. The quantitative estimate of drug-likeness (QED) is 0.774. The summed E-state index contributed by atoms with van der Waals surface area (Å²) in [6.07, 6.45) is 9.17. The van der Waals surface area contributed by atoms with E-state index in [4.69, 9.17) is 11.6 Å². The van der Waals surface area contributed by atoms with E-state index in [2.05, 4.69) is 22.6 Å². The lowest BCUT2D eigenvalue weighted by Gasteiger charge is -2.09. The largest absolute Gasteiger partial charge is 0.361 e. The van der Waals surface area contributed by atoms with E-state index in [-0.39, 0.29) is 0 Å². The SMILES string of the molecule is Clc1ccc2c(CNCCC3CCCC3)c[nH]c2c1. The van der Waals surface area contributed by atoms with Gasteiger partial charge in [0.05, 0.1) is 0 Å². The molecule has 0 unspecified atom stereocenters. The Hall–Kier alpha value is -0.990. The normalized spacial score (nSPS) is 16.5. The maximum absolute atomic E-state index is 5.99. The van der Waals surface area contributed by atoms with Gasteiger partial charge in [-0.05, 0) is 36.6 Å². The summed E-state index contributed by atoms with van der Waals surface area (Å²) in [4.78, 5) is 3.29. The van der Waals surface area contributed by atoms with Crippen LogP contribution in [0.3, 0.4) is 0 Å². The molecule has 1 aromatic carbocycles. The number of aromatic nitrogens is 1. The minimum atomic E-state index is 0.787. The fourth-order valence-corrected chi connectivity index (χ4v) is 3.31. The average molecular weight is 277 g/mol. The second-order valence-corrected chi connectivity index (χ2v) is 6.06. The first-order valence-corrected chi connectivity index (χ1v) is 7.67. The van der Waals surface area contributed by atoms with Crippen LogP contribution in [0.2, 0.25) is 5.02 Å². The Labute approximate surface area is 119 Å². The Bertz CT molecular complexity index is 541. The Morgan fingerprint density at radius 3 is 2.95 bits per heavy atom. The molecule has 0 saturated heterocycles. The summed E-state index contributed by atoms with van der Waals surface area (Å²) < 4.78 is 0. The molecule has 0 atom stereocenters. The van der Waals surface area contributed by atoms with Gasteiger partial charge in [0.2, 0.25) is 0 Å². The third-order valence-corrected chi connectivity index (χ3v) is 4.48. The predicted molar refractivity (Wildman–Crippen MR) is 81.6 cm³/mol. The fraction of sp³-hybridized carbons (Fsp3) is 0.500. The van der Waals surface area contributed by atoms with Gasteiger partial charge in [0.15, 0.2) is 0 Å². The van der Waals surface area contributed by atoms with Crippen LogP contribution in [0.1, 0.15) is 37.7 Å². The third kappa shape index (κ3) is 3.13. The number of rotatable bonds is 5. The number of hydrogen-bond acceptors (Lipinski definition) is 1. The molecule has 1 aliphatic carbocycles. The van der Waals surface area contributed by atoms with Gasteiger partial charge in [0.1, 0.15) is 0 Å². The summed E-state index contributed by atoms with van der Waals surface area (Å²) >= 11 is 5.99. The molecule has 1 heterocycles. The molecule has 19 heavy (non-hydrogen) atoms. The Morgan fingerprint density at radius 2 is 2.11 bits per heavy atom. The van der Waals surface area contributed by atoms with Crippen molar-refractivity contribution < 1.29 is 0 Å². The van der Waals surface area contributed by atoms with E-state index < -0.39 is 0 Å².